The number of aliphatic carboxylic acids is 3. The van der Waals surface area contributed by atoms with Crippen molar-refractivity contribution in [1.29, 1.82) is 0 Å². The molecule has 2 fully saturated rings. The van der Waals surface area contributed by atoms with E-state index in [4.69, 9.17) is 41.3 Å². The lowest BCUT2D eigenvalue weighted by Crippen LogP contribution is -2.60. The molecule has 13 nitrogen and oxygen atoms in total. The van der Waals surface area contributed by atoms with E-state index in [0.717, 1.165) is 44.2 Å². The molecule has 5 rings (SSSR count). The first kappa shape index (κ1) is 55.5. The van der Waals surface area contributed by atoms with Gasteiger partial charge in [0, 0.05) is 56.8 Å². The second-order valence-electron chi connectivity index (χ2n) is 15.0. The highest BCUT2D eigenvalue weighted by Crippen LogP contribution is 2.30. The Balaban J connectivity index is 0.000000553. The fraction of sp³-hybridized carbons (Fsp3) is 0.585. The number of carbonyl (C=O) groups excluding carboxylic acids is 2. The van der Waals surface area contributed by atoms with Gasteiger partial charge in [0.1, 0.15) is 6.04 Å². The van der Waals surface area contributed by atoms with E-state index in [-0.39, 0.29) is 17.9 Å². The normalized spacial score (nSPS) is 18.0. The summed E-state index contributed by atoms with van der Waals surface area (Å²) in [6.45, 7) is 11.6. The minimum absolute atomic E-state index is 0.0112. The second-order valence-corrected chi connectivity index (χ2v) is 15.5. The topological polar surface area (TPSA) is 180 Å². The Labute approximate surface area is 368 Å². The summed E-state index contributed by atoms with van der Waals surface area (Å²) >= 11 is 6.14. The van der Waals surface area contributed by atoms with Gasteiger partial charge in [0.05, 0.1) is 6.04 Å². The number of halogens is 10. The van der Waals surface area contributed by atoms with Crippen LogP contribution in [0.3, 0.4) is 0 Å². The Kier molecular flexibility index (Phi) is 22.3. The monoisotopic (exact) mass is 949 g/mol. The van der Waals surface area contributed by atoms with Crippen molar-refractivity contribution in [3.63, 3.8) is 0 Å². The van der Waals surface area contributed by atoms with Crippen LogP contribution in [-0.2, 0) is 43.4 Å². The third-order valence-electron chi connectivity index (χ3n) is 10.7. The molecule has 2 aliphatic heterocycles. The Morgan fingerprint density at radius 2 is 1.22 bits per heavy atom. The number of alkyl halides is 9. The molecule has 2 aromatic carbocycles. The molecule has 5 N–H and O–H groups in total. The van der Waals surface area contributed by atoms with Crippen LogP contribution in [0, 0.1) is 5.92 Å². The van der Waals surface area contributed by atoms with Gasteiger partial charge in [0.15, 0.2) is 0 Å². The fourth-order valence-corrected chi connectivity index (χ4v) is 7.42. The standard InChI is InChI=1S/C35H50ClN5O2.3C2HF3O2/c1-3-39(4-2)25-33(27-10-6-5-7-11-27)40-18-20-41(21-19-40)35(43)32(22-26-14-16-30(36)17-15-26)38-34(42)31-23-28-12-8-9-13-29(28)24-37-31;3*3-2(4,5)1(6)7/h8-9,12-17,27,31-33,37H,3-7,10-11,18-25H2,1-2H3,(H,38,42);3*(H,6,7). The van der Waals surface area contributed by atoms with Crippen LogP contribution >= 0.6 is 11.6 Å². The first-order valence-electron chi connectivity index (χ1n) is 20.3. The number of fused-ring (bicyclic) bond motifs is 1. The van der Waals surface area contributed by atoms with E-state index in [9.17, 15) is 49.1 Å². The smallest absolute Gasteiger partial charge is 0.475 e. The average molecular weight is 950 g/mol. The van der Waals surface area contributed by atoms with E-state index in [0.29, 0.717) is 43.5 Å². The third-order valence-corrected chi connectivity index (χ3v) is 11.0. The summed E-state index contributed by atoms with van der Waals surface area (Å²) < 4.78 is 95.2. The van der Waals surface area contributed by atoms with Gasteiger partial charge in [-0.3, -0.25) is 14.5 Å². The van der Waals surface area contributed by atoms with Crippen LogP contribution < -0.4 is 10.6 Å². The van der Waals surface area contributed by atoms with E-state index in [2.05, 4.69) is 46.4 Å². The van der Waals surface area contributed by atoms with E-state index in [1.165, 1.54) is 43.2 Å². The minimum Gasteiger partial charge on any atom is -0.475 e. The maximum Gasteiger partial charge on any atom is 0.490 e. The van der Waals surface area contributed by atoms with Crippen LogP contribution in [0.25, 0.3) is 0 Å². The number of benzene rings is 2. The number of hydrogen-bond acceptors (Lipinski definition) is 8. The number of carboxylic acids is 3. The van der Waals surface area contributed by atoms with Crippen molar-refractivity contribution in [2.75, 3.05) is 45.8 Å². The molecule has 2 aromatic rings. The summed E-state index contributed by atoms with van der Waals surface area (Å²) in [5, 5.41) is 28.6. The van der Waals surface area contributed by atoms with Crippen molar-refractivity contribution in [3.8, 4) is 0 Å². The van der Waals surface area contributed by atoms with Crippen molar-refractivity contribution >= 4 is 41.3 Å². The molecule has 0 bridgehead atoms. The zero-order chi connectivity index (χ0) is 48.4. The van der Waals surface area contributed by atoms with Gasteiger partial charge < -0.3 is 35.8 Å². The minimum atomic E-state index is -5.08. The van der Waals surface area contributed by atoms with E-state index in [1.807, 2.05) is 41.3 Å². The van der Waals surface area contributed by atoms with Gasteiger partial charge in [0.25, 0.3) is 0 Å². The quantitative estimate of drug-likeness (QED) is 0.157. The largest absolute Gasteiger partial charge is 0.490 e. The molecule has 1 saturated heterocycles. The molecule has 3 unspecified atom stereocenters. The van der Waals surface area contributed by atoms with Gasteiger partial charge in [-0.25, -0.2) is 14.4 Å². The van der Waals surface area contributed by atoms with Gasteiger partial charge in [-0.2, -0.15) is 39.5 Å². The summed E-state index contributed by atoms with van der Waals surface area (Å²) in [5.41, 5.74) is 3.40. The van der Waals surface area contributed by atoms with E-state index < -0.39 is 42.5 Å². The van der Waals surface area contributed by atoms with Crippen molar-refractivity contribution < 1.29 is 78.8 Å². The van der Waals surface area contributed by atoms with E-state index >= 15 is 0 Å². The van der Waals surface area contributed by atoms with Gasteiger partial charge in [-0.15, -0.1) is 0 Å². The molecule has 2 amide bonds. The highest BCUT2D eigenvalue weighted by atomic mass is 35.5. The summed E-state index contributed by atoms with van der Waals surface area (Å²) in [6.07, 6.45) is -7.51. The predicted molar refractivity (Wildman–Crippen MR) is 215 cm³/mol. The molecule has 23 heteroatoms. The summed E-state index contributed by atoms with van der Waals surface area (Å²) in [7, 11) is 0. The Morgan fingerprint density at radius 1 is 0.750 bits per heavy atom. The summed E-state index contributed by atoms with van der Waals surface area (Å²) in [6, 6.07) is 15.4. The number of amides is 2. The molecule has 3 aliphatic rings. The lowest BCUT2D eigenvalue weighted by atomic mass is 9.82. The lowest BCUT2D eigenvalue weighted by Gasteiger charge is -2.45. The van der Waals surface area contributed by atoms with Crippen molar-refractivity contribution in [2.24, 2.45) is 5.92 Å². The Morgan fingerprint density at radius 3 is 1.67 bits per heavy atom. The average Bonchev–Trinajstić information content (AvgIpc) is 3.24. The first-order valence-corrected chi connectivity index (χ1v) is 20.7. The zero-order valence-corrected chi connectivity index (χ0v) is 35.8. The predicted octanol–water partition coefficient (Wildman–Crippen LogP) is 6.42. The van der Waals surface area contributed by atoms with Crippen LogP contribution in [0.4, 0.5) is 39.5 Å². The number of nitrogens with zero attached hydrogens (tertiary/aromatic N) is 3. The van der Waals surface area contributed by atoms with Crippen molar-refractivity contribution in [3.05, 3.63) is 70.2 Å². The first-order chi connectivity index (χ1) is 29.8. The number of likely N-dealkylation sites (N-methyl/N-ethyl adjacent to an activating group) is 1. The van der Waals surface area contributed by atoms with Gasteiger partial charge in [-0.1, -0.05) is 81.1 Å². The molecule has 0 spiro atoms. The molecule has 64 heavy (non-hydrogen) atoms. The SMILES string of the molecule is CCN(CC)CC(C1CCCCC1)N1CCN(C(=O)C(Cc2ccc(Cl)cc2)NC(=O)C2Cc3ccccc3CN2)CC1.O=C(O)C(F)(F)F.O=C(O)C(F)(F)F.O=C(O)C(F)(F)F. The summed E-state index contributed by atoms with van der Waals surface area (Å²) in [5.74, 6) is -7.64. The van der Waals surface area contributed by atoms with Crippen LogP contribution in [0.15, 0.2) is 48.5 Å². The molecular formula is C41H53ClF9N5O8. The molecule has 1 saturated carbocycles. The molecule has 1 aliphatic carbocycles. The fourth-order valence-electron chi connectivity index (χ4n) is 7.29. The molecular weight excluding hydrogens is 897 g/mol. The second kappa shape index (κ2) is 25.7. The van der Waals surface area contributed by atoms with Crippen LogP contribution in [0.5, 0.6) is 0 Å². The number of carbonyl (C=O) groups is 5. The van der Waals surface area contributed by atoms with Gasteiger partial charge in [0.2, 0.25) is 11.8 Å². The highest BCUT2D eigenvalue weighted by molar-refractivity contribution is 6.30. The number of hydrogen-bond donors (Lipinski definition) is 5. The molecule has 3 atom stereocenters. The van der Waals surface area contributed by atoms with Gasteiger partial charge >= 0.3 is 36.4 Å². The van der Waals surface area contributed by atoms with Crippen molar-refractivity contribution in [1.82, 2.24) is 25.3 Å². The van der Waals surface area contributed by atoms with Crippen molar-refractivity contribution in [2.45, 2.75) is 102 Å². The Bertz CT molecular complexity index is 1740. The number of piperazine rings is 1. The number of rotatable bonds is 11. The van der Waals surface area contributed by atoms with E-state index in [1.54, 1.807) is 0 Å². The molecule has 0 radical (unpaired) electrons. The van der Waals surface area contributed by atoms with Crippen LogP contribution in [-0.4, -0.2) is 142 Å². The number of carboxylic acid groups (broad SMARTS) is 3. The van der Waals surface area contributed by atoms with Crippen LogP contribution in [0.1, 0.15) is 62.6 Å². The third kappa shape index (κ3) is 19.2. The molecule has 0 aromatic heterocycles. The highest BCUT2D eigenvalue weighted by Gasteiger charge is 2.40. The lowest BCUT2D eigenvalue weighted by molar-refractivity contribution is -0.193. The zero-order valence-electron chi connectivity index (χ0n) is 35.0. The number of nitrogens with one attached hydrogen (secondary N) is 2. The maximum absolute atomic E-state index is 14.1. The molecule has 360 valence electrons. The maximum atomic E-state index is 14.1. The molecule has 2 heterocycles. The van der Waals surface area contributed by atoms with Gasteiger partial charge in [-0.05, 0) is 67.1 Å². The Hall–Kier alpha value is -4.67. The van der Waals surface area contributed by atoms with Crippen LogP contribution in [0.2, 0.25) is 5.02 Å². The summed E-state index contributed by atoms with van der Waals surface area (Å²) in [4.78, 5) is 61.5.